The lowest BCUT2D eigenvalue weighted by molar-refractivity contribution is 0.0963. The molecule has 0 spiro atoms. The molecule has 2 atom stereocenters. The third kappa shape index (κ3) is 7.89. The quantitative estimate of drug-likeness (QED) is 0.428. The molecule has 0 saturated heterocycles. The molecule has 1 unspecified atom stereocenters. The van der Waals surface area contributed by atoms with Crippen LogP contribution in [0.15, 0.2) is 43.0 Å². The second kappa shape index (κ2) is 11.1. The van der Waals surface area contributed by atoms with Crippen molar-refractivity contribution in [1.29, 1.82) is 0 Å². The Morgan fingerprint density at radius 2 is 1.89 bits per heavy atom. The van der Waals surface area contributed by atoms with Crippen molar-refractivity contribution in [3.05, 3.63) is 48.6 Å². The van der Waals surface area contributed by atoms with E-state index in [1.165, 1.54) is 31.2 Å². The second-order valence-corrected chi connectivity index (χ2v) is 10.7. The maximum absolute atomic E-state index is 12.5. The predicted octanol–water partition coefficient (Wildman–Crippen LogP) is 5.40. The first kappa shape index (κ1) is 22.3. The van der Waals surface area contributed by atoms with Gasteiger partial charge in [0.15, 0.2) is 0 Å². The van der Waals surface area contributed by atoms with Crippen LogP contribution in [0.2, 0.25) is 0 Å². The topological polar surface area (TPSA) is 38.3 Å². The van der Waals surface area contributed by atoms with Gasteiger partial charge in [-0.05, 0) is 63.9 Å². The monoisotopic (exact) mass is 391 g/mol. The van der Waals surface area contributed by atoms with Crippen LogP contribution in [0.1, 0.15) is 64.9 Å². The van der Waals surface area contributed by atoms with Crippen molar-refractivity contribution in [3.63, 3.8) is 0 Å². The van der Waals surface area contributed by atoms with Crippen LogP contribution in [0.25, 0.3) is 0 Å². The molecule has 0 amide bonds. The molecule has 1 fully saturated rings. The smallest absolute Gasteiger partial charge is 0.0972 e. The van der Waals surface area contributed by atoms with Crippen LogP contribution in [0.5, 0.6) is 0 Å². The van der Waals surface area contributed by atoms with Crippen molar-refractivity contribution in [3.8, 4) is 0 Å². The Labute approximate surface area is 168 Å². The number of nitrogens with one attached hydrogen (secondary N) is 1. The maximum atomic E-state index is 12.5. The Kier molecular flexibility index (Phi) is 9.20. The van der Waals surface area contributed by atoms with Gasteiger partial charge >= 0.3 is 0 Å². The zero-order chi connectivity index (χ0) is 19.7. The fourth-order valence-corrected chi connectivity index (χ4v) is 4.64. The molecule has 0 bridgehead atoms. The van der Waals surface area contributed by atoms with Gasteiger partial charge < -0.3 is 4.74 Å². The van der Waals surface area contributed by atoms with Crippen molar-refractivity contribution in [2.75, 3.05) is 6.61 Å². The van der Waals surface area contributed by atoms with E-state index < -0.39 is 11.0 Å². The van der Waals surface area contributed by atoms with E-state index in [1.54, 1.807) is 0 Å². The molecule has 1 aliphatic carbocycles. The van der Waals surface area contributed by atoms with Gasteiger partial charge in [-0.1, -0.05) is 49.2 Å². The summed E-state index contributed by atoms with van der Waals surface area (Å²) < 4.78 is 21.5. The highest BCUT2D eigenvalue weighted by molar-refractivity contribution is 7.84. The predicted molar refractivity (Wildman–Crippen MR) is 116 cm³/mol. The minimum atomic E-state index is -1.02. The largest absolute Gasteiger partial charge is 0.377 e. The molecule has 0 aromatic heterocycles. The highest BCUT2D eigenvalue weighted by Gasteiger charge is 2.30. The summed E-state index contributed by atoms with van der Waals surface area (Å²) in [5.74, 6) is 1.35. The molecule has 27 heavy (non-hydrogen) atoms. The lowest BCUT2D eigenvalue weighted by Gasteiger charge is -2.35. The minimum Gasteiger partial charge on any atom is -0.377 e. The molecule has 0 radical (unpaired) electrons. The van der Waals surface area contributed by atoms with Gasteiger partial charge in [0, 0.05) is 12.6 Å². The first-order chi connectivity index (χ1) is 12.9. The maximum Gasteiger partial charge on any atom is 0.0972 e. The SMILES string of the molecule is C=CC[C@@H](NS(=O)C(C)(C)C)C1CCC(CCOCc2ccccc2)CC1. The molecular weight excluding hydrogens is 354 g/mol. The third-order valence-electron chi connectivity index (χ3n) is 5.48. The summed E-state index contributed by atoms with van der Waals surface area (Å²) >= 11 is 0. The van der Waals surface area contributed by atoms with Gasteiger partial charge in [-0.15, -0.1) is 6.58 Å². The Bertz CT molecular complexity index is 574. The summed E-state index contributed by atoms with van der Waals surface area (Å²) in [4.78, 5) is 0. The molecule has 3 nitrogen and oxygen atoms in total. The summed E-state index contributed by atoms with van der Waals surface area (Å²) in [7, 11) is -1.02. The lowest BCUT2D eigenvalue weighted by atomic mass is 9.77. The molecule has 4 heteroatoms. The van der Waals surface area contributed by atoms with Crippen LogP contribution in [0.3, 0.4) is 0 Å². The van der Waals surface area contributed by atoms with Gasteiger partial charge in [0.1, 0.15) is 0 Å². The molecule has 1 saturated carbocycles. The van der Waals surface area contributed by atoms with E-state index in [9.17, 15) is 4.21 Å². The Morgan fingerprint density at radius 1 is 1.22 bits per heavy atom. The number of benzene rings is 1. The van der Waals surface area contributed by atoms with Crippen molar-refractivity contribution in [2.45, 2.75) is 76.7 Å². The summed E-state index contributed by atoms with van der Waals surface area (Å²) in [5, 5.41) is 0. The van der Waals surface area contributed by atoms with Gasteiger partial charge in [0.2, 0.25) is 0 Å². The fourth-order valence-electron chi connectivity index (χ4n) is 3.72. The molecule has 0 heterocycles. The van der Waals surface area contributed by atoms with E-state index in [-0.39, 0.29) is 10.8 Å². The van der Waals surface area contributed by atoms with E-state index in [4.69, 9.17) is 4.74 Å². The van der Waals surface area contributed by atoms with Crippen molar-refractivity contribution >= 4 is 11.0 Å². The van der Waals surface area contributed by atoms with Gasteiger partial charge in [-0.2, -0.15) is 0 Å². The summed E-state index contributed by atoms with van der Waals surface area (Å²) in [6.07, 6.45) is 8.89. The summed E-state index contributed by atoms with van der Waals surface area (Å²) in [6.45, 7) is 11.5. The van der Waals surface area contributed by atoms with Crippen LogP contribution >= 0.6 is 0 Å². The lowest BCUT2D eigenvalue weighted by Crippen LogP contribution is -2.44. The van der Waals surface area contributed by atoms with Crippen molar-refractivity contribution in [1.82, 2.24) is 4.72 Å². The van der Waals surface area contributed by atoms with Gasteiger partial charge in [0.25, 0.3) is 0 Å². The second-order valence-electron chi connectivity index (χ2n) is 8.74. The van der Waals surface area contributed by atoms with E-state index >= 15 is 0 Å². The molecule has 0 aliphatic heterocycles. The highest BCUT2D eigenvalue weighted by atomic mass is 32.2. The Morgan fingerprint density at radius 3 is 2.48 bits per heavy atom. The molecule has 1 aliphatic rings. The van der Waals surface area contributed by atoms with Crippen molar-refractivity contribution < 1.29 is 8.95 Å². The number of rotatable bonds is 10. The number of hydrogen-bond acceptors (Lipinski definition) is 2. The molecule has 1 N–H and O–H groups in total. The molecule has 1 aromatic carbocycles. The molecular formula is C23H37NO2S. The first-order valence-electron chi connectivity index (χ1n) is 10.3. The van der Waals surface area contributed by atoms with Crippen LogP contribution in [0.4, 0.5) is 0 Å². The standard InChI is InChI=1S/C23H37NO2S/c1-5-9-22(24-27(25)23(2,3)4)21-14-12-19(13-15-21)16-17-26-18-20-10-7-6-8-11-20/h5-8,10-11,19,21-22,24H,1,9,12-18H2,2-4H3/t19?,21?,22-,27?/m1/s1. The van der Waals surface area contributed by atoms with Gasteiger partial charge in [-0.3, -0.25) is 0 Å². The zero-order valence-electron chi connectivity index (χ0n) is 17.3. The zero-order valence-corrected chi connectivity index (χ0v) is 18.1. The normalized spacial score (nSPS) is 22.9. The third-order valence-corrected chi connectivity index (χ3v) is 7.11. The Hall–Kier alpha value is -0.970. The van der Waals surface area contributed by atoms with Crippen molar-refractivity contribution in [2.24, 2.45) is 11.8 Å². The van der Waals surface area contributed by atoms with E-state index in [2.05, 4.69) is 35.6 Å². The molecule has 152 valence electrons. The number of ether oxygens (including phenoxy) is 1. The van der Waals surface area contributed by atoms with E-state index in [0.29, 0.717) is 12.5 Å². The number of hydrogen-bond donors (Lipinski definition) is 1. The summed E-state index contributed by atoms with van der Waals surface area (Å²) in [6, 6.07) is 10.6. The average Bonchev–Trinajstić information content (AvgIpc) is 2.65. The summed E-state index contributed by atoms with van der Waals surface area (Å²) in [5.41, 5.74) is 1.24. The average molecular weight is 392 g/mol. The van der Waals surface area contributed by atoms with E-state index in [0.717, 1.165) is 25.4 Å². The molecule has 2 rings (SSSR count). The van der Waals surface area contributed by atoms with Gasteiger partial charge in [0.05, 0.1) is 22.3 Å². The van der Waals surface area contributed by atoms with Crippen LogP contribution < -0.4 is 4.72 Å². The fraction of sp³-hybridized carbons (Fsp3) is 0.652. The van der Waals surface area contributed by atoms with Crippen LogP contribution in [0, 0.1) is 11.8 Å². The molecule has 1 aromatic rings. The first-order valence-corrected chi connectivity index (χ1v) is 11.5. The van der Waals surface area contributed by atoms with Crippen LogP contribution in [-0.4, -0.2) is 21.6 Å². The minimum absolute atomic E-state index is 0.229. The van der Waals surface area contributed by atoms with Crippen LogP contribution in [-0.2, 0) is 22.3 Å². The Balaban J connectivity index is 1.70. The highest BCUT2D eigenvalue weighted by Crippen LogP contribution is 2.34. The van der Waals surface area contributed by atoms with E-state index in [1.807, 2.05) is 32.9 Å². The van der Waals surface area contributed by atoms with Gasteiger partial charge in [-0.25, -0.2) is 8.93 Å².